The minimum Gasteiger partial charge on any atom is -0.329 e. The Bertz CT molecular complexity index is 100. The summed E-state index contributed by atoms with van der Waals surface area (Å²) in [6.45, 7) is 2.40. The van der Waals surface area contributed by atoms with E-state index in [0.29, 0.717) is 6.61 Å². The van der Waals surface area contributed by atoms with Crippen molar-refractivity contribution in [2.24, 2.45) is 0 Å². The molecule has 0 amide bonds. The van der Waals surface area contributed by atoms with E-state index >= 15 is 0 Å². The topological polar surface area (TPSA) is 26.3 Å². The third kappa shape index (κ3) is 1.29. The van der Waals surface area contributed by atoms with Crippen LogP contribution in [0.2, 0.25) is 0 Å². The largest absolute Gasteiger partial charge is 0.329 e. The standard InChI is InChI=1S/C4H9O2P/c1-7(5)4-2-3-6-7/h2-4H2,1H3/t7-/m1/s1. The first kappa shape index (κ1) is 5.33. The molecule has 0 N–H and O–H groups in total. The molecule has 1 aliphatic heterocycles. The molecule has 2 nitrogen and oxygen atoms in total. The van der Waals surface area contributed by atoms with E-state index in [0.717, 1.165) is 12.6 Å². The number of hydrogen-bond donors (Lipinski definition) is 0. The van der Waals surface area contributed by atoms with Crippen LogP contribution in [-0.4, -0.2) is 19.4 Å². The summed E-state index contributed by atoms with van der Waals surface area (Å²) in [5, 5.41) is 0. The van der Waals surface area contributed by atoms with Crippen LogP contribution in [-0.2, 0) is 9.09 Å². The highest BCUT2D eigenvalue weighted by molar-refractivity contribution is 7.58. The number of rotatable bonds is 0. The Labute approximate surface area is 43.3 Å². The van der Waals surface area contributed by atoms with Crippen LogP contribution in [0, 0.1) is 0 Å². The van der Waals surface area contributed by atoms with E-state index in [1.54, 1.807) is 6.66 Å². The highest BCUT2D eigenvalue weighted by Gasteiger charge is 2.20. The zero-order valence-electron chi connectivity index (χ0n) is 4.39. The molecule has 0 aromatic carbocycles. The van der Waals surface area contributed by atoms with Gasteiger partial charge in [0.2, 0.25) is 0 Å². The smallest absolute Gasteiger partial charge is 0.200 e. The molecule has 0 aromatic rings. The summed E-state index contributed by atoms with van der Waals surface area (Å²) in [5.41, 5.74) is 0. The summed E-state index contributed by atoms with van der Waals surface area (Å²) < 4.78 is 15.7. The molecular weight excluding hydrogens is 111 g/mol. The average molecular weight is 120 g/mol. The van der Waals surface area contributed by atoms with Crippen molar-refractivity contribution in [3.05, 3.63) is 0 Å². The van der Waals surface area contributed by atoms with Gasteiger partial charge in [0.15, 0.2) is 7.37 Å². The summed E-state index contributed by atoms with van der Waals surface area (Å²) >= 11 is 0. The Hall–Kier alpha value is 0.190. The van der Waals surface area contributed by atoms with Gasteiger partial charge in [-0.25, -0.2) is 0 Å². The summed E-state index contributed by atoms with van der Waals surface area (Å²) in [5.74, 6) is 0. The Kier molecular flexibility index (Phi) is 1.22. The first-order chi connectivity index (χ1) is 3.21. The lowest BCUT2D eigenvalue weighted by molar-refractivity contribution is 0.354. The molecule has 0 aromatic heterocycles. The van der Waals surface area contributed by atoms with E-state index in [1.807, 2.05) is 0 Å². The van der Waals surface area contributed by atoms with E-state index in [-0.39, 0.29) is 0 Å². The maximum Gasteiger partial charge on any atom is 0.200 e. The van der Waals surface area contributed by atoms with Gasteiger partial charge < -0.3 is 4.52 Å². The molecule has 1 atom stereocenters. The maximum atomic E-state index is 10.8. The SMILES string of the molecule is C[P@]1(=O)CCCO1. The van der Waals surface area contributed by atoms with Crippen molar-refractivity contribution < 1.29 is 9.09 Å². The zero-order chi connectivity index (χ0) is 5.33. The summed E-state index contributed by atoms with van der Waals surface area (Å²) in [6.07, 6.45) is 1.76. The Morgan fingerprint density at radius 3 is 2.57 bits per heavy atom. The quantitative estimate of drug-likeness (QED) is 0.450. The van der Waals surface area contributed by atoms with Gasteiger partial charge in [-0.2, -0.15) is 0 Å². The Morgan fingerprint density at radius 1 is 1.71 bits per heavy atom. The van der Waals surface area contributed by atoms with Crippen LogP contribution in [0.25, 0.3) is 0 Å². The minimum atomic E-state index is -2.04. The van der Waals surface area contributed by atoms with Gasteiger partial charge in [0, 0.05) is 12.8 Å². The van der Waals surface area contributed by atoms with Crippen molar-refractivity contribution >= 4 is 7.37 Å². The van der Waals surface area contributed by atoms with Crippen molar-refractivity contribution in [3.8, 4) is 0 Å². The lowest BCUT2D eigenvalue weighted by Gasteiger charge is -1.97. The second-order valence-electron chi connectivity index (χ2n) is 1.92. The molecule has 0 bridgehead atoms. The van der Waals surface area contributed by atoms with Crippen LogP contribution in [0.3, 0.4) is 0 Å². The van der Waals surface area contributed by atoms with Crippen LogP contribution in [0.15, 0.2) is 0 Å². The van der Waals surface area contributed by atoms with Crippen LogP contribution < -0.4 is 0 Å². The molecular formula is C4H9O2P. The summed E-state index contributed by atoms with van der Waals surface area (Å²) in [7, 11) is -2.04. The fourth-order valence-corrected chi connectivity index (χ4v) is 2.02. The molecule has 0 radical (unpaired) electrons. The Balaban J connectivity index is 2.57. The molecule has 1 saturated heterocycles. The third-order valence-corrected chi connectivity index (χ3v) is 2.93. The molecule has 42 valence electrons. The third-order valence-electron chi connectivity index (χ3n) is 1.07. The van der Waals surface area contributed by atoms with Crippen molar-refractivity contribution in [2.45, 2.75) is 6.42 Å². The molecule has 0 unspecified atom stereocenters. The molecule has 7 heavy (non-hydrogen) atoms. The maximum absolute atomic E-state index is 10.8. The highest BCUT2D eigenvalue weighted by Crippen LogP contribution is 2.47. The second-order valence-corrected chi connectivity index (χ2v) is 4.66. The Morgan fingerprint density at radius 2 is 2.43 bits per heavy atom. The minimum absolute atomic E-state index is 0.702. The van der Waals surface area contributed by atoms with Gasteiger partial charge in [0.1, 0.15) is 0 Å². The predicted octanol–water partition coefficient (Wildman–Crippen LogP) is 1.31. The average Bonchev–Trinajstić information content (AvgIpc) is 1.84. The molecule has 0 spiro atoms. The summed E-state index contributed by atoms with van der Waals surface area (Å²) in [6, 6.07) is 0. The predicted molar refractivity (Wildman–Crippen MR) is 29.0 cm³/mol. The van der Waals surface area contributed by atoms with E-state index in [1.165, 1.54) is 0 Å². The normalized spacial score (nSPS) is 41.9. The van der Waals surface area contributed by atoms with E-state index in [4.69, 9.17) is 4.52 Å². The molecule has 0 saturated carbocycles. The van der Waals surface area contributed by atoms with Crippen molar-refractivity contribution in [3.63, 3.8) is 0 Å². The monoisotopic (exact) mass is 120 g/mol. The second kappa shape index (κ2) is 1.61. The highest BCUT2D eigenvalue weighted by atomic mass is 31.2. The molecule has 1 aliphatic rings. The van der Waals surface area contributed by atoms with Crippen molar-refractivity contribution in [2.75, 3.05) is 19.4 Å². The first-order valence-corrected chi connectivity index (χ1v) is 4.67. The van der Waals surface area contributed by atoms with E-state index < -0.39 is 7.37 Å². The van der Waals surface area contributed by atoms with Gasteiger partial charge in [-0.15, -0.1) is 0 Å². The first-order valence-electron chi connectivity index (χ1n) is 2.42. The van der Waals surface area contributed by atoms with Gasteiger partial charge in [0.25, 0.3) is 0 Å². The van der Waals surface area contributed by atoms with Gasteiger partial charge in [-0.05, 0) is 6.42 Å². The fraction of sp³-hybridized carbons (Fsp3) is 1.00. The lowest BCUT2D eigenvalue weighted by Crippen LogP contribution is -1.74. The molecule has 1 fully saturated rings. The molecule has 1 rings (SSSR count). The molecule has 3 heteroatoms. The van der Waals surface area contributed by atoms with Gasteiger partial charge in [-0.1, -0.05) is 0 Å². The van der Waals surface area contributed by atoms with Crippen molar-refractivity contribution in [1.82, 2.24) is 0 Å². The number of hydrogen-bond acceptors (Lipinski definition) is 2. The van der Waals surface area contributed by atoms with Crippen LogP contribution >= 0.6 is 7.37 Å². The summed E-state index contributed by atoms with van der Waals surface area (Å²) in [4.78, 5) is 0. The van der Waals surface area contributed by atoms with Crippen LogP contribution in [0.5, 0.6) is 0 Å². The van der Waals surface area contributed by atoms with Gasteiger partial charge in [0.05, 0.1) is 6.61 Å². The van der Waals surface area contributed by atoms with Crippen LogP contribution in [0.4, 0.5) is 0 Å². The molecule has 0 aliphatic carbocycles. The molecule has 1 heterocycles. The van der Waals surface area contributed by atoms with Gasteiger partial charge >= 0.3 is 0 Å². The fourth-order valence-electron chi connectivity index (χ4n) is 0.674. The van der Waals surface area contributed by atoms with Crippen LogP contribution in [0.1, 0.15) is 6.42 Å². The lowest BCUT2D eigenvalue weighted by atomic mass is 10.5. The van der Waals surface area contributed by atoms with E-state index in [9.17, 15) is 4.57 Å². The van der Waals surface area contributed by atoms with Crippen molar-refractivity contribution in [1.29, 1.82) is 0 Å². The van der Waals surface area contributed by atoms with E-state index in [2.05, 4.69) is 0 Å². The zero-order valence-corrected chi connectivity index (χ0v) is 5.28. The van der Waals surface area contributed by atoms with Gasteiger partial charge in [-0.3, -0.25) is 4.57 Å².